The number of benzene rings is 2. The number of fused-ring (bicyclic) bond motifs is 1. The number of H-pyrrole nitrogens is 1. The lowest BCUT2D eigenvalue weighted by atomic mass is 10.1. The highest BCUT2D eigenvalue weighted by Crippen LogP contribution is 2.14. The maximum absolute atomic E-state index is 11.9. The highest BCUT2D eigenvalue weighted by molar-refractivity contribution is 5.89. The van der Waals surface area contributed by atoms with E-state index in [0.717, 1.165) is 28.1 Å². The van der Waals surface area contributed by atoms with Crippen LogP contribution < -0.4 is 10.6 Å². The predicted molar refractivity (Wildman–Crippen MR) is 92.7 cm³/mol. The molecule has 0 unspecified atom stereocenters. The minimum absolute atomic E-state index is 0.204. The van der Waals surface area contributed by atoms with E-state index in [1.54, 1.807) is 0 Å². The van der Waals surface area contributed by atoms with E-state index >= 15 is 0 Å². The molecule has 5 heteroatoms. The van der Waals surface area contributed by atoms with Crippen LogP contribution in [0.25, 0.3) is 11.0 Å². The van der Waals surface area contributed by atoms with Crippen molar-refractivity contribution in [2.24, 2.45) is 0 Å². The maximum Gasteiger partial charge on any atom is 0.319 e. The largest absolute Gasteiger partial charge is 0.342 e. The number of aromatic amines is 1. The number of imidazole rings is 1. The lowest BCUT2D eigenvalue weighted by molar-refractivity contribution is 0.252. The molecular weight excluding hydrogens is 288 g/mol. The number of urea groups is 1. The predicted octanol–water partition coefficient (Wildman–Crippen LogP) is 3.54. The highest BCUT2D eigenvalue weighted by atomic mass is 16.2. The molecule has 0 bridgehead atoms. The standard InChI is InChI=1S/C18H20N4O/c1-12-7-8-14(11-13(12)2)20-18(23)19-10-9-17-21-15-5-3-4-6-16(15)22-17/h3-8,11H,9-10H2,1-2H3,(H,21,22)(H2,19,20,23). The summed E-state index contributed by atoms with van der Waals surface area (Å²) in [7, 11) is 0. The lowest BCUT2D eigenvalue weighted by Crippen LogP contribution is -2.30. The second-order valence-electron chi connectivity index (χ2n) is 5.63. The number of carbonyl (C=O) groups is 1. The molecule has 2 amide bonds. The third kappa shape index (κ3) is 3.69. The number of hydrogen-bond acceptors (Lipinski definition) is 2. The van der Waals surface area contributed by atoms with E-state index in [-0.39, 0.29) is 6.03 Å². The molecule has 3 aromatic rings. The first-order valence-corrected chi connectivity index (χ1v) is 7.67. The van der Waals surface area contributed by atoms with Gasteiger partial charge in [0.2, 0.25) is 0 Å². The number of amides is 2. The van der Waals surface area contributed by atoms with Crippen molar-refractivity contribution in [3.05, 3.63) is 59.4 Å². The summed E-state index contributed by atoms with van der Waals surface area (Å²) < 4.78 is 0. The molecule has 0 radical (unpaired) electrons. The molecule has 0 fully saturated rings. The van der Waals surface area contributed by atoms with Crippen LogP contribution >= 0.6 is 0 Å². The second kappa shape index (κ2) is 6.52. The van der Waals surface area contributed by atoms with Crippen LogP contribution in [0.15, 0.2) is 42.5 Å². The number of aryl methyl sites for hydroxylation is 2. The van der Waals surface area contributed by atoms with Crippen molar-refractivity contribution in [2.45, 2.75) is 20.3 Å². The van der Waals surface area contributed by atoms with Crippen molar-refractivity contribution in [1.29, 1.82) is 0 Å². The first-order chi connectivity index (χ1) is 11.1. The molecule has 0 saturated heterocycles. The Morgan fingerprint density at radius 1 is 1.13 bits per heavy atom. The number of aromatic nitrogens is 2. The van der Waals surface area contributed by atoms with Crippen LogP contribution in [0, 0.1) is 13.8 Å². The quantitative estimate of drug-likeness (QED) is 0.690. The van der Waals surface area contributed by atoms with Gasteiger partial charge in [0.25, 0.3) is 0 Å². The fraction of sp³-hybridized carbons (Fsp3) is 0.222. The third-order valence-electron chi connectivity index (χ3n) is 3.85. The number of nitrogens with one attached hydrogen (secondary N) is 3. The first kappa shape index (κ1) is 15.1. The molecular formula is C18H20N4O. The van der Waals surface area contributed by atoms with Crippen molar-refractivity contribution < 1.29 is 4.79 Å². The molecule has 118 valence electrons. The van der Waals surface area contributed by atoms with Gasteiger partial charge in [-0.15, -0.1) is 0 Å². The minimum Gasteiger partial charge on any atom is -0.342 e. The maximum atomic E-state index is 11.9. The van der Waals surface area contributed by atoms with Crippen molar-refractivity contribution in [3.63, 3.8) is 0 Å². The number of nitrogens with zero attached hydrogens (tertiary/aromatic N) is 1. The molecule has 0 saturated carbocycles. The zero-order valence-electron chi connectivity index (χ0n) is 13.3. The Balaban J connectivity index is 1.51. The number of para-hydroxylation sites is 2. The summed E-state index contributed by atoms with van der Waals surface area (Å²) in [5.41, 5.74) is 5.13. The summed E-state index contributed by atoms with van der Waals surface area (Å²) in [5.74, 6) is 0.873. The van der Waals surface area contributed by atoms with Gasteiger partial charge in [0, 0.05) is 18.7 Å². The van der Waals surface area contributed by atoms with E-state index in [1.165, 1.54) is 5.56 Å². The number of rotatable bonds is 4. The van der Waals surface area contributed by atoms with E-state index in [2.05, 4.69) is 20.6 Å². The Hall–Kier alpha value is -2.82. The number of anilines is 1. The van der Waals surface area contributed by atoms with Crippen molar-refractivity contribution >= 4 is 22.8 Å². The van der Waals surface area contributed by atoms with E-state index in [9.17, 15) is 4.79 Å². The lowest BCUT2D eigenvalue weighted by Gasteiger charge is -2.08. The Morgan fingerprint density at radius 3 is 2.74 bits per heavy atom. The van der Waals surface area contributed by atoms with Crippen molar-refractivity contribution in [2.75, 3.05) is 11.9 Å². The molecule has 0 aliphatic carbocycles. The number of carbonyl (C=O) groups excluding carboxylic acids is 1. The average molecular weight is 308 g/mol. The van der Waals surface area contributed by atoms with Gasteiger partial charge in [0.05, 0.1) is 11.0 Å². The molecule has 5 nitrogen and oxygen atoms in total. The molecule has 1 heterocycles. The van der Waals surface area contributed by atoms with Gasteiger partial charge < -0.3 is 15.6 Å². The fourth-order valence-corrected chi connectivity index (χ4v) is 2.41. The van der Waals surface area contributed by atoms with E-state index in [0.29, 0.717) is 13.0 Å². The zero-order valence-corrected chi connectivity index (χ0v) is 13.3. The molecule has 3 N–H and O–H groups in total. The Labute approximate surface area is 135 Å². The van der Waals surface area contributed by atoms with E-state index in [1.807, 2.05) is 56.3 Å². The monoisotopic (exact) mass is 308 g/mol. The van der Waals surface area contributed by atoms with Crippen LogP contribution in [0.3, 0.4) is 0 Å². The van der Waals surface area contributed by atoms with Crippen LogP contribution in [-0.4, -0.2) is 22.5 Å². The van der Waals surface area contributed by atoms with Gasteiger partial charge in [-0.05, 0) is 49.2 Å². The smallest absolute Gasteiger partial charge is 0.319 e. The molecule has 0 aliphatic heterocycles. The van der Waals surface area contributed by atoms with Crippen LogP contribution in [0.4, 0.5) is 10.5 Å². The van der Waals surface area contributed by atoms with E-state index in [4.69, 9.17) is 0 Å². The molecule has 0 spiro atoms. The summed E-state index contributed by atoms with van der Waals surface area (Å²) in [5, 5.41) is 5.69. The summed E-state index contributed by atoms with van der Waals surface area (Å²) in [6.07, 6.45) is 0.662. The van der Waals surface area contributed by atoms with Gasteiger partial charge in [0.15, 0.2) is 0 Å². The Morgan fingerprint density at radius 2 is 1.96 bits per heavy atom. The topological polar surface area (TPSA) is 69.8 Å². The second-order valence-corrected chi connectivity index (χ2v) is 5.63. The number of hydrogen-bond donors (Lipinski definition) is 3. The van der Waals surface area contributed by atoms with Gasteiger partial charge in [0.1, 0.15) is 5.82 Å². The van der Waals surface area contributed by atoms with Gasteiger partial charge in [-0.1, -0.05) is 18.2 Å². The summed E-state index contributed by atoms with van der Waals surface area (Å²) >= 11 is 0. The first-order valence-electron chi connectivity index (χ1n) is 7.67. The van der Waals surface area contributed by atoms with Gasteiger partial charge in [-0.3, -0.25) is 0 Å². The van der Waals surface area contributed by atoms with Crippen LogP contribution in [0.1, 0.15) is 17.0 Å². The fourth-order valence-electron chi connectivity index (χ4n) is 2.41. The van der Waals surface area contributed by atoms with E-state index < -0.39 is 0 Å². The summed E-state index contributed by atoms with van der Waals surface area (Å²) in [4.78, 5) is 19.7. The molecule has 2 aromatic carbocycles. The molecule has 1 aromatic heterocycles. The van der Waals surface area contributed by atoms with Gasteiger partial charge >= 0.3 is 6.03 Å². The van der Waals surface area contributed by atoms with Crippen molar-refractivity contribution in [1.82, 2.24) is 15.3 Å². The third-order valence-corrected chi connectivity index (χ3v) is 3.85. The zero-order chi connectivity index (χ0) is 16.2. The van der Waals surface area contributed by atoms with Crippen LogP contribution in [0.5, 0.6) is 0 Å². The normalized spacial score (nSPS) is 10.7. The molecule has 23 heavy (non-hydrogen) atoms. The Kier molecular flexibility index (Phi) is 4.28. The minimum atomic E-state index is -0.204. The van der Waals surface area contributed by atoms with Crippen molar-refractivity contribution in [3.8, 4) is 0 Å². The summed E-state index contributed by atoms with van der Waals surface area (Å²) in [6.45, 7) is 4.60. The van der Waals surface area contributed by atoms with Gasteiger partial charge in [-0.2, -0.15) is 0 Å². The molecule has 0 aliphatic rings. The van der Waals surface area contributed by atoms with Gasteiger partial charge in [-0.25, -0.2) is 9.78 Å². The molecule has 3 rings (SSSR count). The highest BCUT2D eigenvalue weighted by Gasteiger charge is 2.05. The molecule has 0 atom stereocenters. The summed E-state index contributed by atoms with van der Waals surface area (Å²) in [6, 6.07) is 13.6. The SMILES string of the molecule is Cc1ccc(NC(=O)NCCc2nc3ccccc3[nH]2)cc1C. The van der Waals surface area contributed by atoms with Crippen LogP contribution in [-0.2, 0) is 6.42 Å². The Bertz CT molecular complexity index is 805. The van der Waals surface area contributed by atoms with Crippen LogP contribution in [0.2, 0.25) is 0 Å². The average Bonchev–Trinajstić information content (AvgIpc) is 2.93.